The zero-order chi connectivity index (χ0) is 16.0. The monoisotopic (exact) mass is 378 g/mol. The number of carbonyl (C=O) groups is 2. The molecule has 1 aromatic rings. The van der Waals surface area contributed by atoms with E-state index in [4.69, 9.17) is 4.74 Å². The minimum atomic E-state index is -0.169. The van der Waals surface area contributed by atoms with E-state index in [1.54, 1.807) is 12.1 Å². The second-order valence-electron chi connectivity index (χ2n) is 6.85. The van der Waals surface area contributed by atoms with Gasteiger partial charge in [0.1, 0.15) is 5.75 Å². The summed E-state index contributed by atoms with van der Waals surface area (Å²) in [6.45, 7) is 0.00710. The van der Waals surface area contributed by atoms with Crippen molar-refractivity contribution >= 4 is 39.1 Å². The maximum Gasteiger partial charge on any atom is 0.262 e. The standard InChI is InChI=1S/C17H19BrN2O3/c18-12-6-14-15(23-8-17(22)20-14)7-13(12)19-16(21)5-11-4-9-1-2-10(11)3-9/h6-7,9-11H,1-5,8H2,(H,19,21)(H,20,22)/t9-,10-,11+/m0/s1. The molecule has 1 aliphatic heterocycles. The van der Waals surface area contributed by atoms with Crippen molar-refractivity contribution in [2.45, 2.75) is 32.1 Å². The number of rotatable bonds is 3. The lowest BCUT2D eigenvalue weighted by Gasteiger charge is -2.22. The molecule has 2 N–H and O–H groups in total. The van der Waals surface area contributed by atoms with Gasteiger partial charge in [-0.15, -0.1) is 0 Å². The Hall–Kier alpha value is -1.56. The number of hydrogen-bond acceptors (Lipinski definition) is 3. The fourth-order valence-electron chi connectivity index (χ4n) is 4.26. The lowest BCUT2D eigenvalue weighted by molar-refractivity contribution is -0.119. The highest BCUT2D eigenvalue weighted by Gasteiger charge is 2.40. The highest BCUT2D eigenvalue weighted by molar-refractivity contribution is 9.10. The van der Waals surface area contributed by atoms with Gasteiger partial charge in [-0.2, -0.15) is 0 Å². The summed E-state index contributed by atoms with van der Waals surface area (Å²) in [5.41, 5.74) is 1.31. The lowest BCUT2D eigenvalue weighted by atomic mass is 9.86. The lowest BCUT2D eigenvalue weighted by Crippen LogP contribution is -2.25. The van der Waals surface area contributed by atoms with Crippen LogP contribution in [0.3, 0.4) is 0 Å². The van der Waals surface area contributed by atoms with Gasteiger partial charge in [0.05, 0.1) is 11.4 Å². The molecule has 6 heteroatoms. The SMILES string of the molecule is O=C(C[C@H]1C[C@H]2CC[C@H]1C2)Nc1cc2c(cc1Br)NC(=O)CO2. The summed E-state index contributed by atoms with van der Waals surface area (Å²) in [4.78, 5) is 23.7. The van der Waals surface area contributed by atoms with Crippen molar-refractivity contribution in [1.29, 1.82) is 0 Å². The first-order valence-electron chi connectivity index (χ1n) is 8.14. The summed E-state index contributed by atoms with van der Waals surface area (Å²) >= 11 is 3.45. The van der Waals surface area contributed by atoms with Crippen LogP contribution in [0.25, 0.3) is 0 Å². The fourth-order valence-corrected chi connectivity index (χ4v) is 4.70. The van der Waals surface area contributed by atoms with Gasteiger partial charge in [-0.1, -0.05) is 6.42 Å². The highest BCUT2D eigenvalue weighted by Crippen LogP contribution is 2.49. The molecule has 0 spiro atoms. The molecule has 0 unspecified atom stereocenters. The number of fused-ring (bicyclic) bond motifs is 3. The van der Waals surface area contributed by atoms with Crippen LogP contribution in [0.1, 0.15) is 32.1 Å². The van der Waals surface area contributed by atoms with Crippen LogP contribution >= 0.6 is 15.9 Å². The van der Waals surface area contributed by atoms with E-state index in [9.17, 15) is 9.59 Å². The number of benzene rings is 1. The van der Waals surface area contributed by atoms with Gasteiger partial charge >= 0.3 is 0 Å². The van der Waals surface area contributed by atoms with E-state index < -0.39 is 0 Å². The number of ether oxygens (including phenoxy) is 1. The molecular formula is C17H19BrN2O3. The Kier molecular flexibility index (Phi) is 3.79. The predicted molar refractivity (Wildman–Crippen MR) is 90.5 cm³/mol. The third kappa shape index (κ3) is 2.96. The first kappa shape index (κ1) is 15.0. The summed E-state index contributed by atoms with van der Waals surface area (Å²) in [7, 11) is 0. The van der Waals surface area contributed by atoms with Crippen molar-refractivity contribution < 1.29 is 14.3 Å². The van der Waals surface area contributed by atoms with E-state index in [1.165, 1.54) is 25.7 Å². The molecular weight excluding hydrogens is 360 g/mol. The molecule has 122 valence electrons. The summed E-state index contributed by atoms with van der Waals surface area (Å²) in [5.74, 6) is 2.62. The molecule has 0 saturated heterocycles. The molecule has 2 fully saturated rings. The van der Waals surface area contributed by atoms with Crippen LogP contribution in [-0.2, 0) is 9.59 Å². The Morgan fingerprint density at radius 1 is 1.35 bits per heavy atom. The third-order valence-electron chi connectivity index (χ3n) is 5.31. The Balaban J connectivity index is 1.44. The number of halogens is 1. The Morgan fingerprint density at radius 3 is 2.96 bits per heavy atom. The number of amides is 2. The van der Waals surface area contributed by atoms with Gasteiger partial charge in [-0.05, 0) is 59.0 Å². The largest absolute Gasteiger partial charge is 0.482 e. The van der Waals surface area contributed by atoms with E-state index in [-0.39, 0.29) is 18.4 Å². The van der Waals surface area contributed by atoms with E-state index in [0.717, 1.165) is 16.3 Å². The Labute approximate surface area is 143 Å². The topological polar surface area (TPSA) is 67.4 Å². The Bertz CT molecular complexity index is 676. The average Bonchev–Trinajstić information content (AvgIpc) is 3.11. The zero-order valence-corrected chi connectivity index (χ0v) is 14.3. The summed E-state index contributed by atoms with van der Waals surface area (Å²) in [6, 6.07) is 3.52. The molecule has 2 aliphatic carbocycles. The first-order valence-corrected chi connectivity index (χ1v) is 8.94. The number of anilines is 2. The molecule has 4 rings (SSSR count). The molecule has 1 heterocycles. The maximum absolute atomic E-state index is 12.4. The third-order valence-corrected chi connectivity index (χ3v) is 5.96. The average molecular weight is 379 g/mol. The van der Waals surface area contributed by atoms with Gasteiger partial charge in [0, 0.05) is 17.0 Å². The van der Waals surface area contributed by atoms with Crippen LogP contribution in [0.2, 0.25) is 0 Å². The highest BCUT2D eigenvalue weighted by atomic mass is 79.9. The molecule has 0 aromatic heterocycles. The van der Waals surface area contributed by atoms with Crippen LogP contribution in [0.5, 0.6) is 5.75 Å². The second-order valence-corrected chi connectivity index (χ2v) is 7.71. The molecule has 0 radical (unpaired) electrons. The number of nitrogens with one attached hydrogen (secondary N) is 2. The quantitative estimate of drug-likeness (QED) is 0.844. The van der Waals surface area contributed by atoms with Crippen LogP contribution in [0.15, 0.2) is 16.6 Å². The van der Waals surface area contributed by atoms with Crippen molar-refractivity contribution in [1.82, 2.24) is 0 Å². The van der Waals surface area contributed by atoms with Gasteiger partial charge in [0.25, 0.3) is 5.91 Å². The molecule has 2 amide bonds. The number of carbonyl (C=O) groups excluding carboxylic acids is 2. The Morgan fingerprint density at radius 2 is 2.22 bits per heavy atom. The van der Waals surface area contributed by atoms with E-state index in [2.05, 4.69) is 26.6 Å². The smallest absolute Gasteiger partial charge is 0.262 e. The predicted octanol–water partition coefficient (Wildman–Crippen LogP) is 3.54. The molecule has 2 saturated carbocycles. The summed E-state index contributed by atoms with van der Waals surface area (Å²) < 4.78 is 6.14. The van der Waals surface area contributed by atoms with Crippen molar-refractivity contribution in [3.8, 4) is 5.75 Å². The molecule has 23 heavy (non-hydrogen) atoms. The van der Waals surface area contributed by atoms with Gasteiger partial charge in [-0.3, -0.25) is 9.59 Å². The minimum Gasteiger partial charge on any atom is -0.482 e. The van der Waals surface area contributed by atoms with E-state index in [0.29, 0.717) is 29.5 Å². The fraction of sp³-hybridized carbons (Fsp3) is 0.529. The van der Waals surface area contributed by atoms with Crippen molar-refractivity contribution in [2.24, 2.45) is 17.8 Å². The van der Waals surface area contributed by atoms with Crippen molar-refractivity contribution in [3.05, 3.63) is 16.6 Å². The van der Waals surface area contributed by atoms with Gasteiger partial charge in [0.15, 0.2) is 6.61 Å². The van der Waals surface area contributed by atoms with Gasteiger partial charge in [-0.25, -0.2) is 0 Å². The molecule has 3 atom stereocenters. The van der Waals surface area contributed by atoms with E-state index >= 15 is 0 Å². The minimum absolute atomic E-state index is 0.00710. The molecule has 3 aliphatic rings. The van der Waals surface area contributed by atoms with Crippen molar-refractivity contribution in [3.63, 3.8) is 0 Å². The number of hydrogen-bond donors (Lipinski definition) is 2. The maximum atomic E-state index is 12.4. The molecule has 5 nitrogen and oxygen atoms in total. The van der Waals surface area contributed by atoms with Gasteiger partial charge in [0.2, 0.25) is 5.91 Å². The van der Waals surface area contributed by atoms with Crippen LogP contribution in [0.4, 0.5) is 11.4 Å². The van der Waals surface area contributed by atoms with Gasteiger partial charge < -0.3 is 15.4 Å². The van der Waals surface area contributed by atoms with Crippen LogP contribution in [0, 0.1) is 17.8 Å². The van der Waals surface area contributed by atoms with Crippen molar-refractivity contribution in [2.75, 3.05) is 17.2 Å². The molecule has 1 aromatic carbocycles. The summed E-state index contributed by atoms with van der Waals surface area (Å²) in [5, 5.41) is 5.73. The zero-order valence-electron chi connectivity index (χ0n) is 12.7. The first-order chi connectivity index (χ1) is 11.1. The second kappa shape index (κ2) is 5.82. The summed E-state index contributed by atoms with van der Waals surface area (Å²) in [6.07, 6.45) is 5.76. The van der Waals surface area contributed by atoms with Crippen LogP contribution < -0.4 is 15.4 Å². The molecule has 2 bridgehead atoms. The van der Waals surface area contributed by atoms with Crippen LogP contribution in [-0.4, -0.2) is 18.4 Å². The van der Waals surface area contributed by atoms with E-state index in [1.807, 2.05) is 0 Å². The normalized spacial score (nSPS) is 28.0.